The van der Waals surface area contributed by atoms with Crippen LogP contribution in [-0.2, 0) is 6.54 Å². The first-order valence-electron chi connectivity index (χ1n) is 8.39. The van der Waals surface area contributed by atoms with Crippen molar-refractivity contribution in [3.05, 3.63) is 65.7 Å². The van der Waals surface area contributed by atoms with Crippen LogP contribution < -0.4 is 5.73 Å². The Hall–Kier alpha value is -1.75. The van der Waals surface area contributed by atoms with E-state index in [-0.39, 0.29) is 36.3 Å². The third kappa shape index (κ3) is 5.13. The van der Waals surface area contributed by atoms with E-state index in [0.717, 1.165) is 19.6 Å². The zero-order valence-electron chi connectivity index (χ0n) is 15.2. The molecule has 0 aliphatic carbocycles. The average molecular weight is 396 g/mol. The third-order valence-corrected chi connectivity index (χ3v) is 4.71. The number of nitrogens with zero attached hydrogens (tertiary/aromatic N) is 2. The largest absolute Gasteiger partial charge is 0.399 e. The molecule has 6 heteroatoms. The van der Waals surface area contributed by atoms with Gasteiger partial charge in [-0.05, 0) is 37.6 Å². The van der Waals surface area contributed by atoms with Crippen molar-refractivity contribution in [2.24, 2.45) is 0 Å². The predicted octanol–water partition coefficient (Wildman–Crippen LogP) is 3.85. The van der Waals surface area contributed by atoms with E-state index in [4.69, 9.17) is 5.73 Å². The van der Waals surface area contributed by atoms with Crippen molar-refractivity contribution in [2.75, 3.05) is 25.4 Å². The van der Waals surface area contributed by atoms with Crippen molar-refractivity contribution in [2.45, 2.75) is 25.9 Å². The Labute approximate surface area is 168 Å². The summed E-state index contributed by atoms with van der Waals surface area (Å²) in [5.41, 5.74) is 8.35. The normalized spacial score (nSPS) is 16.3. The van der Waals surface area contributed by atoms with Crippen LogP contribution in [0.5, 0.6) is 0 Å². The molecule has 0 unspecified atom stereocenters. The van der Waals surface area contributed by atoms with Gasteiger partial charge in [0.2, 0.25) is 0 Å². The maximum absolute atomic E-state index is 12.8. The van der Waals surface area contributed by atoms with Gasteiger partial charge in [-0.3, -0.25) is 9.69 Å². The van der Waals surface area contributed by atoms with Crippen molar-refractivity contribution >= 4 is 36.4 Å². The SMILES string of the molecule is CC1(C)CN(C(=O)c2cccc(N)c2)CCN1Cc1ccccc1.Cl.Cl. The highest BCUT2D eigenvalue weighted by Gasteiger charge is 2.35. The van der Waals surface area contributed by atoms with Crippen LogP contribution in [0.3, 0.4) is 0 Å². The number of halogens is 2. The molecular formula is C20H27Cl2N3O. The van der Waals surface area contributed by atoms with Crippen LogP contribution in [0.15, 0.2) is 54.6 Å². The number of nitrogen functional groups attached to an aromatic ring is 1. The number of amides is 1. The van der Waals surface area contributed by atoms with Gasteiger partial charge in [0.05, 0.1) is 0 Å². The van der Waals surface area contributed by atoms with Crippen molar-refractivity contribution in [1.29, 1.82) is 0 Å². The number of piperazine rings is 1. The Bertz CT molecular complexity index is 722. The summed E-state index contributed by atoms with van der Waals surface area (Å²) in [6.45, 7) is 7.64. The summed E-state index contributed by atoms with van der Waals surface area (Å²) in [7, 11) is 0. The van der Waals surface area contributed by atoms with Crippen LogP contribution in [-0.4, -0.2) is 40.9 Å². The van der Waals surface area contributed by atoms with Crippen molar-refractivity contribution in [1.82, 2.24) is 9.80 Å². The average Bonchev–Trinajstić information content (AvgIpc) is 2.57. The van der Waals surface area contributed by atoms with Gasteiger partial charge >= 0.3 is 0 Å². The number of hydrogen-bond donors (Lipinski definition) is 1. The molecule has 142 valence electrons. The summed E-state index contributed by atoms with van der Waals surface area (Å²) in [6, 6.07) is 17.7. The van der Waals surface area contributed by atoms with Gasteiger partial charge in [0.25, 0.3) is 5.91 Å². The van der Waals surface area contributed by atoms with Gasteiger partial charge in [-0.1, -0.05) is 36.4 Å². The van der Waals surface area contributed by atoms with E-state index < -0.39 is 0 Å². The molecule has 4 nitrogen and oxygen atoms in total. The van der Waals surface area contributed by atoms with Crippen LogP contribution >= 0.6 is 24.8 Å². The molecule has 1 aliphatic rings. The van der Waals surface area contributed by atoms with Gasteiger partial charge in [0.15, 0.2) is 0 Å². The Balaban J connectivity index is 0.00000169. The molecule has 0 spiro atoms. The zero-order valence-corrected chi connectivity index (χ0v) is 16.9. The maximum atomic E-state index is 12.8. The van der Waals surface area contributed by atoms with Gasteiger partial charge in [0, 0.05) is 43.0 Å². The second kappa shape index (κ2) is 9.26. The number of hydrogen-bond acceptors (Lipinski definition) is 3. The zero-order chi connectivity index (χ0) is 17.2. The van der Waals surface area contributed by atoms with Gasteiger partial charge in [-0.2, -0.15) is 0 Å². The minimum Gasteiger partial charge on any atom is -0.399 e. The number of anilines is 1. The first-order valence-corrected chi connectivity index (χ1v) is 8.39. The van der Waals surface area contributed by atoms with E-state index in [1.54, 1.807) is 12.1 Å². The molecule has 0 saturated carbocycles. The molecule has 2 aromatic rings. The number of benzene rings is 2. The minimum atomic E-state index is -0.0654. The van der Waals surface area contributed by atoms with Gasteiger partial charge in [-0.15, -0.1) is 24.8 Å². The molecule has 1 amide bonds. The van der Waals surface area contributed by atoms with Crippen LogP contribution in [0.25, 0.3) is 0 Å². The van der Waals surface area contributed by atoms with Crippen LogP contribution in [0.4, 0.5) is 5.69 Å². The second-order valence-corrected chi connectivity index (χ2v) is 7.07. The number of carbonyl (C=O) groups excluding carboxylic acids is 1. The summed E-state index contributed by atoms with van der Waals surface area (Å²) in [5.74, 6) is 0.0646. The van der Waals surface area contributed by atoms with Crippen LogP contribution in [0.2, 0.25) is 0 Å². The van der Waals surface area contributed by atoms with E-state index in [2.05, 4.69) is 43.0 Å². The molecule has 3 rings (SSSR count). The van der Waals surface area contributed by atoms with Gasteiger partial charge in [-0.25, -0.2) is 0 Å². The van der Waals surface area contributed by atoms with E-state index in [0.29, 0.717) is 17.8 Å². The maximum Gasteiger partial charge on any atom is 0.254 e. The molecule has 2 aromatic carbocycles. The first kappa shape index (κ1) is 22.3. The summed E-state index contributed by atoms with van der Waals surface area (Å²) in [4.78, 5) is 17.1. The Morgan fingerprint density at radius 3 is 2.35 bits per heavy atom. The lowest BCUT2D eigenvalue weighted by Crippen LogP contribution is -2.59. The molecule has 0 radical (unpaired) electrons. The molecule has 1 fully saturated rings. The number of carbonyl (C=O) groups is 1. The van der Waals surface area contributed by atoms with Gasteiger partial charge in [0.1, 0.15) is 0 Å². The Morgan fingerprint density at radius 1 is 1.04 bits per heavy atom. The number of nitrogens with two attached hydrogens (primary N) is 1. The van der Waals surface area contributed by atoms with Crippen molar-refractivity contribution in [3.63, 3.8) is 0 Å². The van der Waals surface area contributed by atoms with E-state index in [1.807, 2.05) is 23.1 Å². The number of rotatable bonds is 3. The standard InChI is InChI=1S/C20H25N3O.2ClH/c1-20(2)15-22(19(24)17-9-6-10-18(21)13-17)11-12-23(20)14-16-7-4-3-5-8-16;;/h3-10,13H,11-12,14-15,21H2,1-2H3;2*1H. The molecule has 0 atom stereocenters. The summed E-state index contributed by atoms with van der Waals surface area (Å²) >= 11 is 0. The lowest BCUT2D eigenvalue weighted by molar-refractivity contribution is 0.0139. The van der Waals surface area contributed by atoms with E-state index >= 15 is 0 Å². The lowest BCUT2D eigenvalue weighted by atomic mass is 9.97. The molecule has 26 heavy (non-hydrogen) atoms. The summed E-state index contributed by atoms with van der Waals surface area (Å²) in [5, 5.41) is 0. The fourth-order valence-electron chi connectivity index (χ4n) is 3.31. The van der Waals surface area contributed by atoms with Crippen LogP contribution in [0, 0.1) is 0 Å². The fourth-order valence-corrected chi connectivity index (χ4v) is 3.31. The van der Waals surface area contributed by atoms with E-state index in [1.165, 1.54) is 5.56 Å². The molecule has 1 saturated heterocycles. The van der Waals surface area contributed by atoms with Crippen molar-refractivity contribution < 1.29 is 4.79 Å². The topological polar surface area (TPSA) is 49.6 Å². The second-order valence-electron chi connectivity index (χ2n) is 7.07. The molecule has 0 aromatic heterocycles. The summed E-state index contributed by atoms with van der Waals surface area (Å²) in [6.07, 6.45) is 0. The Kier molecular flexibility index (Phi) is 7.94. The molecule has 1 heterocycles. The molecule has 0 bridgehead atoms. The quantitative estimate of drug-likeness (QED) is 0.802. The first-order chi connectivity index (χ1) is 11.5. The fraction of sp³-hybridized carbons (Fsp3) is 0.350. The van der Waals surface area contributed by atoms with Gasteiger partial charge < -0.3 is 10.6 Å². The molecular weight excluding hydrogens is 369 g/mol. The highest BCUT2D eigenvalue weighted by Crippen LogP contribution is 2.24. The van der Waals surface area contributed by atoms with Crippen molar-refractivity contribution in [3.8, 4) is 0 Å². The third-order valence-electron chi connectivity index (χ3n) is 4.71. The van der Waals surface area contributed by atoms with E-state index in [9.17, 15) is 4.79 Å². The predicted molar refractivity (Wildman–Crippen MR) is 112 cm³/mol. The monoisotopic (exact) mass is 395 g/mol. The highest BCUT2D eigenvalue weighted by molar-refractivity contribution is 5.95. The van der Waals surface area contributed by atoms with Crippen LogP contribution in [0.1, 0.15) is 29.8 Å². The molecule has 2 N–H and O–H groups in total. The smallest absolute Gasteiger partial charge is 0.254 e. The Morgan fingerprint density at radius 2 is 1.73 bits per heavy atom. The minimum absolute atomic E-state index is 0. The lowest BCUT2D eigenvalue weighted by Gasteiger charge is -2.47. The summed E-state index contributed by atoms with van der Waals surface area (Å²) < 4.78 is 0. The highest BCUT2D eigenvalue weighted by atomic mass is 35.5. The molecule has 1 aliphatic heterocycles.